The Morgan fingerprint density at radius 1 is 1.19 bits per heavy atom. The number of carboxylic acids is 1. The van der Waals surface area contributed by atoms with E-state index < -0.39 is 29.1 Å². The Hall–Kier alpha value is -3.73. The van der Waals surface area contributed by atoms with E-state index in [2.05, 4.69) is 4.74 Å². The number of amides is 2. The van der Waals surface area contributed by atoms with Crippen molar-refractivity contribution in [1.29, 1.82) is 0 Å². The molecular weight excluding hydrogens is 442 g/mol. The third kappa shape index (κ3) is 4.78. The summed E-state index contributed by atoms with van der Waals surface area (Å²) in [5, 5.41) is 8.34. The summed E-state index contributed by atoms with van der Waals surface area (Å²) in [6, 6.07) is 6.66. The molecule has 1 atom stereocenters. The van der Waals surface area contributed by atoms with Crippen LogP contribution in [0.15, 0.2) is 39.7 Å². The van der Waals surface area contributed by atoms with Crippen LogP contribution >= 0.6 is 11.8 Å². The van der Waals surface area contributed by atoms with Crippen molar-refractivity contribution in [3.05, 3.63) is 52.3 Å². The summed E-state index contributed by atoms with van der Waals surface area (Å²) in [6.45, 7) is 1.39. The first-order valence-corrected chi connectivity index (χ1v) is 10.0. The smallest absolute Gasteiger partial charge is 0.371 e. The summed E-state index contributed by atoms with van der Waals surface area (Å²) in [6.07, 6.45) is 1.51. The van der Waals surface area contributed by atoms with Crippen molar-refractivity contribution in [3.8, 4) is 11.5 Å². The van der Waals surface area contributed by atoms with Crippen LogP contribution in [0.5, 0.6) is 11.5 Å². The molecule has 1 aliphatic rings. The zero-order valence-electron chi connectivity index (χ0n) is 17.3. The van der Waals surface area contributed by atoms with Crippen LogP contribution in [0, 0.1) is 0 Å². The van der Waals surface area contributed by atoms with Gasteiger partial charge in [0.2, 0.25) is 5.76 Å². The molecule has 3 rings (SSSR count). The summed E-state index contributed by atoms with van der Waals surface area (Å²) >= 11 is 0.721. The van der Waals surface area contributed by atoms with Crippen LogP contribution in [-0.4, -0.2) is 53.4 Å². The van der Waals surface area contributed by atoms with Crippen LogP contribution in [0.3, 0.4) is 0 Å². The average Bonchev–Trinajstić information content (AvgIpc) is 3.36. The van der Waals surface area contributed by atoms with Crippen molar-refractivity contribution in [2.75, 3.05) is 14.2 Å². The van der Waals surface area contributed by atoms with E-state index in [4.69, 9.17) is 19.0 Å². The van der Waals surface area contributed by atoms with Gasteiger partial charge in [-0.1, -0.05) is 6.07 Å². The number of nitrogens with zero attached hydrogens (tertiary/aromatic N) is 1. The van der Waals surface area contributed by atoms with Gasteiger partial charge >= 0.3 is 11.9 Å². The van der Waals surface area contributed by atoms with E-state index in [0.717, 1.165) is 16.7 Å². The number of aromatic carboxylic acids is 1. The Balaban J connectivity index is 1.76. The van der Waals surface area contributed by atoms with Gasteiger partial charge in [0.1, 0.15) is 18.4 Å². The number of rotatable bonds is 8. The molecule has 32 heavy (non-hydrogen) atoms. The number of imide groups is 1. The van der Waals surface area contributed by atoms with Gasteiger partial charge in [-0.3, -0.25) is 14.5 Å². The number of carbonyl (C=O) groups excluding carboxylic acids is 3. The fraction of sp³-hybridized carbons (Fsp3) is 0.238. The highest BCUT2D eigenvalue weighted by molar-refractivity contribution is 8.18. The van der Waals surface area contributed by atoms with E-state index in [-0.39, 0.29) is 17.3 Å². The molecule has 11 heteroatoms. The Morgan fingerprint density at radius 2 is 1.94 bits per heavy atom. The lowest BCUT2D eigenvalue weighted by Gasteiger charge is -2.18. The Bertz CT molecular complexity index is 1100. The highest BCUT2D eigenvalue weighted by Crippen LogP contribution is 2.35. The van der Waals surface area contributed by atoms with Crippen LogP contribution in [0.1, 0.15) is 28.8 Å². The molecule has 1 aromatic carbocycles. The molecule has 2 amide bonds. The normalized spacial score (nSPS) is 15.7. The topological polar surface area (TPSA) is 133 Å². The lowest BCUT2D eigenvalue weighted by Crippen LogP contribution is -2.42. The zero-order chi connectivity index (χ0) is 23.4. The molecule has 1 aromatic heterocycles. The van der Waals surface area contributed by atoms with Crippen molar-refractivity contribution in [3.63, 3.8) is 0 Å². The zero-order valence-corrected chi connectivity index (χ0v) is 18.1. The fourth-order valence-electron chi connectivity index (χ4n) is 2.85. The Labute approximate surface area is 186 Å². The second kappa shape index (κ2) is 9.60. The maximum Gasteiger partial charge on any atom is 0.371 e. The number of hydrogen-bond acceptors (Lipinski definition) is 9. The molecule has 1 unspecified atom stereocenters. The van der Waals surface area contributed by atoms with E-state index in [9.17, 15) is 19.2 Å². The predicted molar refractivity (Wildman–Crippen MR) is 112 cm³/mol. The Morgan fingerprint density at radius 3 is 2.56 bits per heavy atom. The van der Waals surface area contributed by atoms with Crippen LogP contribution in [0.4, 0.5) is 4.79 Å². The van der Waals surface area contributed by atoms with Crippen LogP contribution < -0.4 is 9.47 Å². The largest absolute Gasteiger partial charge is 0.493 e. The number of hydrogen-bond donors (Lipinski definition) is 1. The molecule has 0 aliphatic carbocycles. The van der Waals surface area contributed by atoms with Crippen molar-refractivity contribution in [1.82, 2.24) is 4.90 Å². The molecule has 2 aromatic rings. The molecule has 1 aliphatic heterocycles. The monoisotopic (exact) mass is 461 g/mol. The van der Waals surface area contributed by atoms with E-state index in [1.807, 2.05) is 0 Å². The third-order valence-corrected chi connectivity index (χ3v) is 5.36. The maximum atomic E-state index is 12.6. The standard InChI is InChI=1S/C21H19NO9S/c1-11(20(26)29-3)22-18(23)17(32-21(22)27)9-12-4-6-14(16(8-12)28-2)30-10-13-5-7-15(31-13)19(24)25/h4-9,11H,10H2,1-3H3,(H,24,25). The van der Waals surface area contributed by atoms with Gasteiger partial charge in [0.25, 0.3) is 11.1 Å². The second-order valence-electron chi connectivity index (χ2n) is 6.52. The highest BCUT2D eigenvalue weighted by Gasteiger charge is 2.41. The van der Waals surface area contributed by atoms with Gasteiger partial charge in [0.15, 0.2) is 11.5 Å². The first kappa shape index (κ1) is 22.9. The number of ether oxygens (including phenoxy) is 3. The average molecular weight is 461 g/mol. The second-order valence-corrected chi connectivity index (χ2v) is 7.51. The van der Waals surface area contributed by atoms with Crippen LogP contribution in [-0.2, 0) is 20.9 Å². The minimum absolute atomic E-state index is 0.0205. The minimum atomic E-state index is -1.18. The molecule has 10 nitrogen and oxygen atoms in total. The van der Waals surface area contributed by atoms with E-state index in [1.165, 1.54) is 39.4 Å². The first-order valence-electron chi connectivity index (χ1n) is 9.23. The van der Waals surface area contributed by atoms with E-state index in [1.54, 1.807) is 18.2 Å². The van der Waals surface area contributed by atoms with Gasteiger partial charge in [0, 0.05) is 0 Å². The quantitative estimate of drug-likeness (QED) is 0.462. The number of carboxylic acid groups (broad SMARTS) is 1. The lowest BCUT2D eigenvalue weighted by atomic mass is 10.1. The molecule has 0 bridgehead atoms. The number of thioether (sulfide) groups is 1. The third-order valence-electron chi connectivity index (χ3n) is 4.48. The molecule has 1 fully saturated rings. The van der Waals surface area contributed by atoms with Gasteiger partial charge in [-0.25, -0.2) is 9.59 Å². The molecule has 0 radical (unpaired) electrons. The fourth-order valence-corrected chi connectivity index (χ4v) is 3.76. The summed E-state index contributed by atoms with van der Waals surface area (Å²) in [5.74, 6) is -1.61. The molecule has 1 saturated heterocycles. The van der Waals surface area contributed by atoms with Gasteiger partial charge in [-0.15, -0.1) is 0 Å². The number of benzene rings is 1. The van der Waals surface area contributed by atoms with Gasteiger partial charge in [-0.2, -0.15) is 0 Å². The predicted octanol–water partition coefficient (Wildman–Crippen LogP) is 3.16. The maximum absolute atomic E-state index is 12.6. The van der Waals surface area contributed by atoms with Crippen molar-refractivity contribution in [2.24, 2.45) is 0 Å². The molecule has 2 heterocycles. The molecule has 0 saturated carbocycles. The number of esters is 1. The SMILES string of the molecule is COC(=O)C(C)N1C(=O)SC(=Cc2ccc(OCc3ccc(C(=O)O)o3)c(OC)c2)C1=O. The van der Waals surface area contributed by atoms with Gasteiger partial charge < -0.3 is 23.7 Å². The summed E-state index contributed by atoms with van der Waals surface area (Å²) in [5.41, 5.74) is 0.566. The van der Waals surface area contributed by atoms with E-state index in [0.29, 0.717) is 22.8 Å². The first-order chi connectivity index (χ1) is 15.2. The van der Waals surface area contributed by atoms with Gasteiger partial charge in [0.05, 0.1) is 19.1 Å². The van der Waals surface area contributed by atoms with E-state index >= 15 is 0 Å². The number of furan rings is 1. The Kier molecular flexibility index (Phi) is 6.89. The van der Waals surface area contributed by atoms with Crippen molar-refractivity contribution >= 4 is 40.9 Å². The van der Waals surface area contributed by atoms with Crippen LogP contribution in [0.2, 0.25) is 0 Å². The summed E-state index contributed by atoms with van der Waals surface area (Å²) in [4.78, 5) is 48.4. The molecule has 0 spiro atoms. The van der Waals surface area contributed by atoms with Crippen molar-refractivity contribution < 1.29 is 42.9 Å². The van der Waals surface area contributed by atoms with Crippen molar-refractivity contribution in [2.45, 2.75) is 19.6 Å². The van der Waals surface area contributed by atoms with Crippen LogP contribution in [0.25, 0.3) is 6.08 Å². The summed E-state index contributed by atoms with van der Waals surface area (Å²) in [7, 11) is 2.62. The molecular formula is C21H19NO9S. The minimum Gasteiger partial charge on any atom is -0.493 e. The number of methoxy groups -OCH3 is 2. The van der Waals surface area contributed by atoms with Gasteiger partial charge in [-0.05, 0) is 54.6 Å². The lowest BCUT2D eigenvalue weighted by molar-refractivity contribution is -0.148. The molecule has 1 N–H and O–H groups in total. The molecule has 168 valence electrons. The highest BCUT2D eigenvalue weighted by atomic mass is 32.2. The number of carbonyl (C=O) groups is 4. The summed E-state index contributed by atoms with van der Waals surface area (Å²) < 4.78 is 20.7.